The van der Waals surface area contributed by atoms with Crippen molar-refractivity contribution in [3.63, 3.8) is 0 Å². The van der Waals surface area contributed by atoms with Gasteiger partial charge in [-0.3, -0.25) is 0 Å². The molecule has 104 valence electrons. The van der Waals surface area contributed by atoms with Crippen LogP contribution in [0.5, 0.6) is 0 Å². The summed E-state index contributed by atoms with van der Waals surface area (Å²) in [4.78, 5) is 25.5. The quantitative estimate of drug-likeness (QED) is 0.469. The molecule has 2 rings (SSSR count). The predicted octanol–water partition coefficient (Wildman–Crippen LogP) is 2.95. The Morgan fingerprint density at radius 2 is 1.70 bits per heavy atom. The second kappa shape index (κ2) is 5.33. The average Bonchev–Trinajstić information content (AvgIpc) is 2.74. The van der Waals surface area contributed by atoms with E-state index in [-0.39, 0.29) is 12.1 Å². The molecule has 0 aliphatic carbocycles. The van der Waals surface area contributed by atoms with Crippen LogP contribution in [-0.2, 0) is 4.74 Å². The van der Waals surface area contributed by atoms with Crippen molar-refractivity contribution < 1.29 is 14.3 Å². The van der Waals surface area contributed by atoms with E-state index in [1.165, 1.54) is 0 Å². The van der Waals surface area contributed by atoms with Crippen LogP contribution in [0, 0.1) is 0 Å². The highest BCUT2D eigenvalue weighted by molar-refractivity contribution is 6.17. The molecule has 1 aliphatic rings. The lowest BCUT2D eigenvalue weighted by Crippen LogP contribution is -2.39. The van der Waals surface area contributed by atoms with Gasteiger partial charge in [0, 0.05) is 12.1 Å². The van der Waals surface area contributed by atoms with Crippen LogP contribution < -0.4 is 4.90 Å². The van der Waals surface area contributed by atoms with Gasteiger partial charge in [0.15, 0.2) is 0 Å². The highest BCUT2D eigenvalue weighted by atomic mass is 16.6. The molecule has 1 heterocycles. The molecule has 0 bridgehead atoms. The topological polar surface area (TPSA) is 46.6 Å². The van der Waals surface area contributed by atoms with E-state index in [4.69, 9.17) is 4.74 Å². The third kappa shape index (κ3) is 2.13. The van der Waals surface area contributed by atoms with E-state index in [1.807, 2.05) is 18.7 Å². The van der Waals surface area contributed by atoms with Crippen LogP contribution in [0.15, 0.2) is 43.5 Å². The minimum atomic E-state index is -0.599. The van der Waals surface area contributed by atoms with Gasteiger partial charge in [-0.2, -0.15) is 0 Å². The van der Waals surface area contributed by atoms with Crippen molar-refractivity contribution in [2.75, 3.05) is 4.90 Å². The van der Waals surface area contributed by atoms with Crippen LogP contribution in [0.1, 0.15) is 34.6 Å². The maximum absolute atomic E-state index is 11.9. The lowest BCUT2D eigenvalue weighted by Gasteiger charge is -2.34. The molecule has 0 amide bonds. The van der Waals surface area contributed by atoms with Crippen molar-refractivity contribution >= 4 is 17.6 Å². The van der Waals surface area contributed by atoms with Gasteiger partial charge in [-0.15, -0.1) is 13.2 Å². The first-order valence-electron chi connectivity index (χ1n) is 6.44. The zero-order valence-corrected chi connectivity index (χ0v) is 11.6. The number of fused-ring (bicyclic) bond motifs is 1. The number of carbonyl (C=O) groups is 2. The first kappa shape index (κ1) is 14.1. The maximum Gasteiger partial charge on any atom is 0.349 e. The largest absolute Gasteiger partial charge is 0.386 e. The molecule has 2 unspecified atom stereocenters. The first-order chi connectivity index (χ1) is 9.51. The molecule has 1 aromatic carbocycles. The number of rotatable bonds is 5. The minimum Gasteiger partial charge on any atom is -0.386 e. The number of cyclic esters (lactones) is 2. The smallest absolute Gasteiger partial charge is 0.349 e. The summed E-state index contributed by atoms with van der Waals surface area (Å²) >= 11 is 0. The molecule has 0 spiro atoms. The summed E-state index contributed by atoms with van der Waals surface area (Å²) in [5, 5.41) is 0. The standard InChI is InChI=1S/C16H17NO3/c1-5-10(3)17(11(4)6-2)13-9-7-8-12-14(13)16(19)20-15(12)18/h5-11H,1-2H2,3-4H3. The number of nitrogens with zero attached hydrogens (tertiary/aromatic N) is 1. The maximum atomic E-state index is 11.9. The summed E-state index contributed by atoms with van der Waals surface area (Å²) in [6, 6.07) is 5.11. The third-order valence-electron chi connectivity index (χ3n) is 3.49. The number of hydrogen-bond acceptors (Lipinski definition) is 4. The second-order valence-corrected chi connectivity index (χ2v) is 4.74. The number of carbonyl (C=O) groups excluding carboxylic acids is 2. The molecular formula is C16H17NO3. The molecule has 1 aliphatic heterocycles. The van der Waals surface area contributed by atoms with Gasteiger partial charge in [-0.05, 0) is 26.0 Å². The SMILES string of the molecule is C=CC(C)N(c1cccc2c1C(=O)OC2=O)C(C)C=C. The molecule has 0 fully saturated rings. The Morgan fingerprint density at radius 1 is 1.10 bits per heavy atom. The fraction of sp³-hybridized carbons (Fsp3) is 0.250. The molecule has 20 heavy (non-hydrogen) atoms. The van der Waals surface area contributed by atoms with Crippen molar-refractivity contribution in [2.45, 2.75) is 25.9 Å². The van der Waals surface area contributed by atoms with Gasteiger partial charge in [0.2, 0.25) is 0 Å². The van der Waals surface area contributed by atoms with Crippen LogP contribution in [0.4, 0.5) is 5.69 Å². The highest BCUT2D eigenvalue weighted by Crippen LogP contribution is 2.32. The summed E-state index contributed by atoms with van der Waals surface area (Å²) in [5.74, 6) is -1.19. The lowest BCUT2D eigenvalue weighted by molar-refractivity contribution is 0.0444. The van der Waals surface area contributed by atoms with Crippen LogP contribution in [0.3, 0.4) is 0 Å². The number of ether oxygens (including phenoxy) is 1. The van der Waals surface area contributed by atoms with Gasteiger partial charge in [-0.25, -0.2) is 9.59 Å². The van der Waals surface area contributed by atoms with Gasteiger partial charge in [0.1, 0.15) is 0 Å². The first-order valence-corrected chi connectivity index (χ1v) is 6.44. The lowest BCUT2D eigenvalue weighted by atomic mass is 10.0. The number of anilines is 1. The van der Waals surface area contributed by atoms with Crippen LogP contribution in [-0.4, -0.2) is 24.0 Å². The van der Waals surface area contributed by atoms with Crippen LogP contribution in [0.2, 0.25) is 0 Å². The van der Waals surface area contributed by atoms with E-state index >= 15 is 0 Å². The van der Waals surface area contributed by atoms with Gasteiger partial charge in [-0.1, -0.05) is 18.2 Å². The second-order valence-electron chi connectivity index (χ2n) is 4.74. The molecule has 0 aromatic heterocycles. The Morgan fingerprint density at radius 3 is 2.25 bits per heavy atom. The summed E-state index contributed by atoms with van der Waals surface area (Å²) in [7, 11) is 0. The Hall–Kier alpha value is -2.36. The van der Waals surface area contributed by atoms with E-state index in [9.17, 15) is 9.59 Å². The summed E-state index contributed by atoms with van der Waals surface area (Å²) in [6.45, 7) is 11.5. The van der Waals surface area contributed by atoms with Crippen molar-refractivity contribution in [2.24, 2.45) is 0 Å². The fourth-order valence-corrected chi connectivity index (χ4v) is 2.37. The molecule has 4 nitrogen and oxygen atoms in total. The molecule has 1 aromatic rings. The molecule has 0 saturated heterocycles. The van der Waals surface area contributed by atoms with Crippen molar-refractivity contribution in [3.8, 4) is 0 Å². The number of benzene rings is 1. The summed E-state index contributed by atoms with van der Waals surface area (Å²) < 4.78 is 4.69. The monoisotopic (exact) mass is 271 g/mol. The van der Waals surface area contributed by atoms with Gasteiger partial charge in [0.25, 0.3) is 0 Å². The number of hydrogen-bond donors (Lipinski definition) is 0. The van der Waals surface area contributed by atoms with Crippen LogP contribution in [0.25, 0.3) is 0 Å². The Bertz CT molecular complexity index is 577. The molecule has 0 radical (unpaired) electrons. The Balaban J connectivity index is 2.61. The molecule has 0 N–H and O–H groups in total. The summed E-state index contributed by atoms with van der Waals surface area (Å²) in [6.07, 6.45) is 3.56. The molecular weight excluding hydrogens is 254 g/mol. The third-order valence-corrected chi connectivity index (χ3v) is 3.49. The summed E-state index contributed by atoms with van der Waals surface area (Å²) in [5.41, 5.74) is 1.29. The van der Waals surface area contributed by atoms with E-state index in [1.54, 1.807) is 30.4 Å². The zero-order chi connectivity index (χ0) is 14.9. The molecule has 4 heteroatoms. The van der Waals surface area contributed by atoms with E-state index in [2.05, 4.69) is 13.2 Å². The van der Waals surface area contributed by atoms with Gasteiger partial charge >= 0.3 is 11.9 Å². The van der Waals surface area contributed by atoms with E-state index in [0.29, 0.717) is 16.8 Å². The highest BCUT2D eigenvalue weighted by Gasteiger charge is 2.34. The zero-order valence-electron chi connectivity index (χ0n) is 11.6. The fourth-order valence-electron chi connectivity index (χ4n) is 2.37. The van der Waals surface area contributed by atoms with Gasteiger partial charge < -0.3 is 9.64 Å². The van der Waals surface area contributed by atoms with E-state index in [0.717, 1.165) is 0 Å². The van der Waals surface area contributed by atoms with Crippen molar-refractivity contribution in [1.82, 2.24) is 0 Å². The molecule has 2 atom stereocenters. The van der Waals surface area contributed by atoms with Gasteiger partial charge in [0.05, 0.1) is 16.8 Å². The van der Waals surface area contributed by atoms with E-state index < -0.39 is 11.9 Å². The predicted molar refractivity (Wildman–Crippen MR) is 78.0 cm³/mol. The Labute approximate surface area is 118 Å². The van der Waals surface area contributed by atoms with Crippen molar-refractivity contribution in [1.29, 1.82) is 0 Å². The minimum absolute atomic E-state index is 0.0157. The van der Waals surface area contributed by atoms with Crippen LogP contribution >= 0.6 is 0 Å². The van der Waals surface area contributed by atoms with Crippen molar-refractivity contribution in [3.05, 3.63) is 54.6 Å². The average molecular weight is 271 g/mol. The normalized spacial score (nSPS) is 16.1. The molecule has 0 saturated carbocycles. The Kier molecular flexibility index (Phi) is 3.74. The number of esters is 2.